The molecule has 29 heavy (non-hydrogen) atoms. The highest BCUT2D eigenvalue weighted by molar-refractivity contribution is 5.96. The predicted octanol–water partition coefficient (Wildman–Crippen LogP) is 2.22. The Morgan fingerprint density at radius 1 is 0.690 bits per heavy atom. The number of nitrogens with one attached hydrogen (secondary N) is 2. The van der Waals surface area contributed by atoms with Crippen LogP contribution in [-0.2, 0) is 0 Å². The monoisotopic (exact) mass is 392 g/mol. The van der Waals surface area contributed by atoms with E-state index < -0.39 is 11.8 Å². The number of nitrogens with zero attached hydrogens (tertiary/aromatic N) is 2. The molecule has 0 saturated carbocycles. The van der Waals surface area contributed by atoms with Gasteiger partial charge in [-0.25, -0.2) is 10.9 Å². The van der Waals surface area contributed by atoms with E-state index in [1.165, 1.54) is 48.8 Å². The Hall–Kier alpha value is -4.40. The fourth-order valence-electron chi connectivity index (χ4n) is 2.14. The molecule has 2 amide bonds. The Morgan fingerprint density at radius 2 is 1.07 bits per heavy atom. The molecular weight excluding hydrogens is 376 g/mol. The summed E-state index contributed by atoms with van der Waals surface area (Å²) in [5.74, 6) is -1.21. The van der Waals surface area contributed by atoms with Gasteiger partial charge < -0.3 is 14.6 Å². The number of carbonyl (C=O) groups excluding carboxylic acids is 2. The third kappa shape index (κ3) is 5.54. The second-order valence-corrected chi connectivity index (χ2v) is 5.75. The van der Waals surface area contributed by atoms with Gasteiger partial charge in [0.25, 0.3) is 0 Å². The zero-order valence-corrected chi connectivity index (χ0v) is 14.9. The Kier molecular flexibility index (Phi) is 6.01. The average molecular weight is 392 g/mol. The van der Waals surface area contributed by atoms with Gasteiger partial charge in [0.05, 0.1) is 12.4 Å². The molecule has 0 bridgehead atoms. The number of amides is 2. The van der Waals surface area contributed by atoms with Gasteiger partial charge in [0.2, 0.25) is 0 Å². The molecule has 0 radical (unpaired) electrons. The number of rotatable bonds is 6. The van der Waals surface area contributed by atoms with Gasteiger partial charge in [-0.1, -0.05) is 0 Å². The van der Waals surface area contributed by atoms with E-state index in [4.69, 9.17) is 4.42 Å². The van der Waals surface area contributed by atoms with Gasteiger partial charge in [0, 0.05) is 0 Å². The number of furan rings is 1. The zero-order valence-electron chi connectivity index (χ0n) is 14.9. The van der Waals surface area contributed by atoms with Crippen LogP contribution in [0.3, 0.4) is 0 Å². The maximum Gasteiger partial charge on any atom is 0.307 e. The van der Waals surface area contributed by atoms with Crippen molar-refractivity contribution in [1.82, 2.24) is 10.9 Å². The molecule has 146 valence electrons. The summed E-state index contributed by atoms with van der Waals surface area (Å²) in [5, 5.41) is 26.0. The lowest BCUT2D eigenvalue weighted by Crippen LogP contribution is -2.18. The normalized spacial score (nSPS) is 11.0. The number of benzene rings is 2. The number of phenols is 2. The Labute approximate surface area is 165 Å². The molecule has 0 saturated heterocycles. The largest absolute Gasteiger partial charge is 0.508 e. The molecule has 0 aliphatic heterocycles. The van der Waals surface area contributed by atoms with Gasteiger partial charge in [-0.05, 0) is 71.8 Å². The lowest BCUT2D eigenvalue weighted by Gasteiger charge is -1.98. The first-order valence-corrected chi connectivity index (χ1v) is 8.36. The van der Waals surface area contributed by atoms with E-state index in [2.05, 4.69) is 21.1 Å². The van der Waals surface area contributed by atoms with E-state index in [1.54, 1.807) is 24.3 Å². The van der Waals surface area contributed by atoms with Crippen LogP contribution in [0.1, 0.15) is 32.2 Å². The topological polar surface area (TPSA) is 137 Å². The molecule has 9 heteroatoms. The van der Waals surface area contributed by atoms with Crippen molar-refractivity contribution in [2.45, 2.75) is 0 Å². The lowest BCUT2D eigenvalue weighted by atomic mass is 10.2. The number of phenolic OH excluding ortho intramolecular Hbond substituents is 2. The van der Waals surface area contributed by atoms with Crippen LogP contribution in [0.25, 0.3) is 0 Å². The van der Waals surface area contributed by atoms with Crippen LogP contribution in [0.2, 0.25) is 0 Å². The number of aromatic hydroxyl groups is 2. The Morgan fingerprint density at radius 3 is 1.45 bits per heavy atom. The van der Waals surface area contributed by atoms with E-state index in [-0.39, 0.29) is 23.0 Å². The molecule has 4 N–H and O–H groups in total. The van der Waals surface area contributed by atoms with Crippen molar-refractivity contribution in [3.8, 4) is 11.5 Å². The summed E-state index contributed by atoms with van der Waals surface area (Å²) in [6, 6.07) is 15.1. The summed E-state index contributed by atoms with van der Waals surface area (Å²) in [5.41, 5.74) is 5.90. The number of hydrogen-bond donors (Lipinski definition) is 4. The highest BCUT2D eigenvalue weighted by Gasteiger charge is 2.15. The van der Waals surface area contributed by atoms with Crippen LogP contribution in [-0.4, -0.2) is 34.5 Å². The summed E-state index contributed by atoms with van der Waals surface area (Å²) < 4.78 is 5.21. The van der Waals surface area contributed by atoms with Crippen molar-refractivity contribution >= 4 is 24.2 Å². The fraction of sp³-hybridized carbons (Fsp3) is 0. The van der Waals surface area contributed by atoms with E-state index >= 15 is 0 Å². The Bertz CT molecular complexity index is 969. The van der Waals surface area contributed by atoms with Crippen molar-refractivity contribution in [3.63, 3.8) is 0 Å². The van der Waals surface area contributed by atoms with Crippen molar-refractivity contribution in [1.29, 1.82) is 0 Å². The van der Waals surface area contributed by atoms with Crippen molar-refractivity contribution in [2.24, 2.45) is 10.2 Å². The minimum Gasteiger partial charge on any atom is -0.508 e. The van der Waals surface area contributed by atoms with E-state index in [1.807, 2.05) is 0 Å². The Balaban J connectivity index is 1.53. The first-order chi connectivity index (χ1) is 14.0. The standard InChI is InChI=1S/C20H16N4O5/c25-15-5-1-13(2-6-15)11-21-23-19(27)17-9-10-18(29-17)20(28)24-22-12-14-3-7-16(26)8-4-14/h1-12,25-26H,(H,23,27)(H,24,28). The minimum absolute atomic E-state index is 0.0967. The highest BCUT2D eigenvalue weighted by Crippen LogP contribution is 2.10. The third-order valence-electron chi connectivity index (χ3n) is 3.60. The molecule has 1 heterocycles. The average Bonchev–Trinajstić information content (AvgIpc) is 3.21. The fourth-order valence-corrected chi connectivity index (χ4v) is 2.14. The number of hydrazone groups is 2. The van der Waals surface area contributed by atoms with Crippen molar-refractivity contribution in [2.75, 3.05) is 0 Å². The molecule has 0 aliphatic rings. The van der Waals surface area contributed by atoms with Crippen molar-refractivity contribution in [3.05, 3.63) is 83.3 Å². The van der Waals surface area contributed by atoms with Gasteiger partial charge >= 0.3 is 11.8 Å². The van der Waals surface area contributed by atoms with Crippen LogP contribution in [0.4, 0.5) is 0 Å². The van der Waals surface area contributed by atoms with Gasteiger partial charge in [-0.15, -0.1) is 0 Å². The van der Waals surface area contributed by atoms with Gasteiger partial charge in [0.15, 0.2) is 11.5 Å². The van der Waals surface area contributed by atoms with Crippen LogP contribution in [0.15, 0.2) is 75.3 Å². The minimum atomic E-state index is -0.633. The van der Waals surface area contributed by atoms with Crippen molar-refractivity contribution < 1.29 is 24.2 Å². The predicted molar refractivity (Wildman–Crippen MR) is 105 cm³/mol. The zero-order chi connectivity index (χ0) is 20.6. The molecule has 3 aromatic rings. The molecular formula is C20H16N4O5. The van der Waals surface area contributed by atoms with Gasteiger partial charge in [-0.2, -0.15) is 10.2 Å². The third-order valence-corrected chi connectivity index (χ3v) is 3.60. The molecule has 0 aliphatic carbocycles. The smallest absolute Gasteiger partial charge is 0.307 e. The summed E-state index contributed by atoms with van der Waals surface area (Å²) in [6.45, 7) is 0. The SMILES string of the molecule is O=C(NN=Cc1ccc(O)cc1)c1ccc(C(=O)NN=Cc2ccc(O)cc2)o1. The first-order valence-electron chi connectivity index (χ1n) is 8.36. The molecule has 9 nitrogen and oxygen atoms in total. The molecule has 0 atom stereocenters. The van der Waals surface area contributed by atoms with Gasteiger partial charge in [0.1, 0.15) is 11.5 Å². The molecule has 0 unspecified atom stereocenters. The molecule has 0 fully saturated rings. The molecule has 2 aromatic carbocycles. The number of hydrogen-bond acceptors (Lipinski definition) is 7. The van der Waals surface area contributed by atoms with Crippen LogP contribution >= 0.6 is 0 Å². The lowest BCUT2D eigenvalue weighted by molar-refractivity contribution is 0.0902. The first kappa shape index (κ1) is 19.4. The summed E-state index contributed by atoms with van der Waals surface area (Å²) in [7, 11) is 0. The molecule has 1 aromatic heterocycles. The van der Waals surface area contributed by atoms with E-state index in [0.29, 0.717) is 11.1 Å². The maximum absolute atomic E-state index is 12.0. The summed E-state index contributed by atoms with van der Waals surface area (Å²) in [6.07, 6.45) is 2.79. The molecule has 3 rings (SSSR count). The summed E-state index contributed by atoms with van der Waals surface area (Å²) in [4.78, 5) is 24.0. The number of carbonyl (C=O) groups is 2. The van der Waals surface area contributed by atoms with Gasteiger partial charge in [-0.3, -0.25) is 9.59 Å². The van der Waals surface area contributed by atoms with Crippen LogP contribution in [0, 0.1) is 0 Å². The highest BCUT2D eigenvalue weighted by atomic mass is 16.4. The second kappa shape index (κ2) is 9.00. The van der Waals surface area contributed by atoms with E-state index in [0.717, 1.165) is 0 Å². The van der Waals surface area contributed by atoms with Crippen LogP contribution < -0.4 is 10.9 Å². The maximum atomic E-state index is 12.0. The quantitative estimate of drug-likeness (QED) is 0.377. The van der Waals surface area contributed by atoms with E-state index in [9.17, 15) is 19.8 Å². The van der Waals surface area contributed by atoms with Crippen LogP contribution in [0.5, 0.6) is 11.5 Å². The second-order valence-electron chi connectivity index (χ2n) is 5.75. The molecule has 0 spiro atoms. The summed E-state index contributed by atoms with van der Waals surface area (Å²) >= 11 is 0.